The molecule has 3 N–H and O–H groups in total. The van der Waals surface area contributed by atoms with Gasteiger partial charge >= 0.3 is 12.0 Å². The van der Waals surface area contributed by atoms with Crippen molar-refractivity contribution in [1.82, 2.24) is 15.6 Å². The molecule has 7 heteroatoms. The van der Waals surface area contributed by atoms with E-state index in [2.05, 4.69) is 15.6 Å². The van der Waals surface area contributed by atoms with Gasteiger partial charge in [-0.1, -0.05) is 6.07 Å². The topological polar surface area (TPSA) is 101 Å². The molecule has 0 saturated heterocycles. The van der Waals surface area contributed by atoms with E-state index >= 15 is 0 Å². The van der Waals surface area contributed by atoms with E-state index in [1.165, 1.54) is 7.11 Å². The van der Waals surface area contributed by atoms with Crippen molar-refractivity contribution in [2.45, 2.75) is 25.4 Å². The molecule has 1 aromatic rings. The van der Waals surface area contributed by atoms with E-state index in [9.17, 15) is 9.59 Å². The van der Waals surface area contributed by atoms with Crippen molar-refractivity contribution in [3.8, 4) is 0 Å². The number of hydrogen-bond donors (Lipinski definition) is 3. The lowest BCUT2D eigenvalue weighted by Gasteiger charge is -2.17. The number of ether oxygens (including phenoxy) is 1. The quantitative estimate of drug-likeness (QED) is 0.690. The number of nitrogens with one attached hydrogen (secondary N) is 2. The maximum atomic E-state index is 11.8. The minimum absolute atomic E-state index is 0.206. The molecule has 20 heavy (non-hydrogen) atoms. The summed E-state index contributed by atoms with van der Waals surface area (Å²) >= 11 is 0. The Labute approximate surface area is 117 Å². The van der Waals surface area contributed by atoms with Crippen molar-refractivity contribution >= 4 is 12.0 Å². The summed E-state index contributed by atoms with van der Waals surface area (Å²) in [6.07, 6.45) is 1.83. The molecule has 2 amide bonds. The van der Waals surface area contributed by atoms with Gasteiger partial charge in [0.15, 0.2) is 0 Å². The predicted molar refractivity (Wildman–Crippen MR) is 72.2 cm³/mol. The van der Waals surface area contributed by atoms with E-state index in [4.69, 9.17) is 9.84 Å². The van der Waals surface area contributed by atoms with E-state index in [1.54, 1.807) is 25.3 Å². The first-order valence-electron chi connectivity index (χ1n) is 6.24. The molecule has 0 aliphatic heterocycles. The molecule has 1 rings (SSSR count). The Morgan fingerprint density at radius 3 is 2.70 bits per heavy atom. The number of amides is 2. The molecular formula is C13H19N3O4. The number of carboxylic acid groups (broad SMARTS) is 1. The molecule has 1 aromatic heterocycles. The van der Waals surface area contributed by atoms with E-state index < -0.39 is 18.0 Å². The molecule has 1 heterocycles. The summed E-state index contributed by atoms with van der Waals surface area (Å²) in [6, 6.07) is 3.54. The lowest BCUT2D eigenvalue weighted by atomic mass is 10.2. The molecule has 0 saturated carbocycles. The Morgan fingerprint density at radius 1 is 1.40 bits per heavy atom. The Morgan fingerprint density at radius 2 is 2.15 bits per heavy atom. The summed E-state index contributed by atoms with van der Waals surface area (Å²) in [6.45, 7) is 2.03. The van der Waals surface area contributed by atoms with Crippen LogP contribution in [-0.4, -0.2) is 41.8 Å². The van der Waals surface area contributed by atoms with Gasteiger partial charge in [-0.2, -0.15) is 0 Å². The number of nitrogens with zero attached hydrogens (tertiary/aromatic N) is 1. The molecule has 0 aliphatic carbocycles. The highest BCUT2D eigenvalue weighted by atomic mass is 16.5. The first-order chi connectivity index (χ1) is 9.54. The van der Waals surface area contributed by atoms with Crippen LogP contribution in [0.1, 0.15) is 25.1 Å². The molecule has 0 aromatic carbocycles. The van der Waals surface area contributed by atoms with Crippen LogP contribution < -0.4 is 10.6 Å². The van der Waals surface area contributed by atoms with Crippen molar-refractivity contribution in [2.24, 2.45) is 0 Å². The van der Waals surface area contributed by atoms with Gasteiger partial charge in [0, 0.05) is 26.3 Å². The third-order valence-electron chi connectivity index (χ3n) is 2.69. The SMILES string of the molecule is COCCC(NC(=O)NC(C)c1ccccn1)C(=O)O. The number of rotatable bonds is 7. The molecule has 110 valence electrons. The monoisotopic (exact) mass is 281 g/mol. The van der Waals surface area contributed by atoms with Gasteiger partial charge in [-0.25, -0.2) is 9.59 Å². The van der Waals surface area contributed by atoms with Gasteiger partial charge in [0.05, 0.1) is 11.7 Å². The fourth-order valence-corrected chi connectivity index (χ4v) is 1.60. The maximum absolute atomic E-state index is 11.8. The zero-order valence-electron chi connectivity index (χ0n) is 11.5. The van der Waals surface area contributed by atoms with E-state index in [1.807, 2.05) is 6.07 Å². The summed E-state index contributed by atoms with van der Waals surface area (Å²) in [5.41, 5.74) is 0.700. The van der Waals surface area contributed by atoms with E-state index in [0.29, 0.717) is 5.69 Å². The molecular weight excluding hydrogens is 262 g/mol. The average Bonchev–Trinajstić information content (AvgIpc) is 2.44. The second kappa shape index (κ2) is 8.11. The van der Waals surface area contributed by atoms with Gasteiger partial charge in [-0.05, 0) is 19.1 Å². The third-order valence-corrected chi connectivity index (χ3v) is 2.69. The number of urea groups is 1. The van der Waals surface area contributed by atoms with Gasteiger partial charge in [-0.15, -0.1) is 0 Å². The predicted octanol–water partition coefficient (Wildman–Crippen LogP) is 0.931. The van der Waals surface area contributed by atoms with Crippen LogP contribution in [0.5, 0.6) is 0 Å². The van der Waals surface area contributed by atoms with Gasteiger partial charge in [0.25, 0.3) is 0 Å². The lowest BCUT2D eigenvalue weighted by molar-refractivity contribution is -0.139. The summed E-state index contributed by atoms with van der Waals surface area (Å²) in [7, 11) is 1.47. The Kier molecular flexibility index (Phi) is 6.45. The number of pyridine rings is 1. The fourth-order valence-electron chi connectivity index (χ4n) is 1.60. The number of carbonyl (C=O) groups excluding carboxylic acids is 1. The minimum Gasteiger partial charge on any atom is -0.480 e. The fraction of sp³-hybridized carbons (Fsp3) is 0.462. The molecule has 2 atom stereocenters. The number of methoxy groups -OCH3 is 1. The maximum Gasteiger partial charge on any atom is 0.326 e. The number of carboxylic acids is 1. The van der Waals surface area contributed by atoms with Crippen LogP contribution in [0.4, 0.5) is 4.79 Å². The summed E-state index contributed by atoms with van der Waals surface area (Å²) in [5.74, 6) is -1.09. The normalized spacial score (nSPS) is 13.3. The Balaban J connectivity index is 2.51. The van der Waals surface area contributed by atoms with Crippen molar-refractivity contribution in [1.29, 1.82) is 0 Å². The van der Waals surface area contributed by atoms with Crippen LogP contribution in [0.3, 0.4) is 0 Å². The van der Waals surface area contributed by atoms with Gasteiger partial charge < -0.3 is 20.5 Å². The van der Waals surface area contributed by atoms with Crippen molar-refractivity contribution in [3.05, 3.63) is 30.1 Å². The third kappa shape index (κ3) is 5.23. The van der Waals surface area contributed by atoms with Crippen LogP contribution in [-0.2, 0) is 9.53 Å². The van der Waals surface area contributed by atoms with Gasteiger partial charge in [0.2, 0.25) is 0 Å². The van der Waals surface area contributed by atoms with E-state index in [0.717, 1.165) is 0 Å². The molecule has 0 aliphatic rings. The number of carbonyl (C=O) groups is 2. The molecule has 2 unspecified atom stereocenters. The first-order valence-corrected chi connectivity index (χ1v) is 6.24. The number of hydrogen-bond acceptors (Lipinski definition) is 4. The molecule has 0 fully saturated rings. The first kappa shape index (κ1) is 15.9. The van der Waals surface area contributed by atoms with Crippen molar-refractivity contribution in [2.75, 3.05) is 13.7 Å². The van der Waals surface area contributed by atoms with Crippen molar-refractivity contribution in [3.63, 3.8) is 0 Å². The summed E-state index contributed by atoms with van der Waals surface area (Å²) in [5, 5.41) is 14.0. The number of aliphatic carboxylic acids is 1. The highest BCUT2D eigenvalue weighted by Crippen LogP contribution is 2.07. The second-order valence-corrected chi connectivity index (χ2v) is 4.27. The van der Waals surface area contributed by atoms with Crippen LogP contribution in [0.15, 0.2) is 24.4 Å². The van der Waals surface area contributed by atoms with Crippen LogP contribution >= 0.6 is 0 Å². The van der Waals surface area contributed by atoms with Gasteiger partial charge in [0.1, 0.15) is 6.04 Å². The largest absolute Gasteiger partial charge is 0.480 e. The molecule has 0 bridgehead atoms. The molecule has 0 radical (unpaired) electrons. The second-order valence-electron chi connectivity index (χ2n) is 4.27. The zero-order valence-corrected chi connectivity index (χ0v) is 11.5. The highest BCUT2D eigenvalue weighted by Gasteiger charge is 2.20. The smallest absolute Gasteiger partial charge is 0.326 e. The summed E-state index contributed by atoms with van der Waals surface area (Å²) in [4.78, 5) is 26.9. The standard InChI is InChI=1S/C13H19N3O4/c1-9(10-5-3-4-7-14-10)15-13(19)16-11(12(17)18)6-8-20-2/h3-5,7,9,11H,6,8H2,1-2H3,(H,17,18)(H2,15,16,19). The van der Waals surface area contributed by atoms with Crippen LogP contribution in [0.25, 0.3) is 0 Å². The highest BCUT2D eigenvalue weighted by molar-refractivity contribution is 5.82. The summed E-state index contributed by atoms with van der Waals surface area (Å²) < 4.78 is 4.81. The molecule has 0 spiro atoms. The van der Waals surface area contributed by atoms with Crippen LogP contribution in [0.2, 0.25) is 0 Å². The molecule has 7 nitrogen and oxygen atoms in total. The Hall–Kier alpha value is -2.15. The van der Waals surface area contributed by atoms with E-state index in [-0.39, 0.29) is 19.1 Å². The zero-order chi connectivity index (χ0) is 15.0. The van der Waals surface area contributed by atoms with Gasteiger partial charge in [-0.3, -0.25) is 4.98 Å². The van der Waals surface area contributed by atoms with Crippen LogP contribution in [0, 0.1) is 0 Å². The lowest BCUT2D eigenvalue weighted by Crippen LogP contribution is -2.47. The average molecular weight is 281 g/mol. The number of aromatic nitrogens is 1. The van der Waals surface area contributed by atoms with Crippen molar-refractivity contribution < 1.29 is 19.4 Å². The minimum atomic E-state index is -1.09. The Bertz CT molecular complexity index is 439.